The first-order valence-corrected chi connectivity index (χ1v) is 12.5. The molecule has 0 fully saturated rings. The van der Waals surface area contributed by atoms with Gasteiger partial charge in [-0.05, 0) is 30.2 Å². The van der Waals surface area contributed by atoms with E-state index < -0.39 is 42.8 Å². The number of hydrogen-bond acceptors (Lipinski definition) is 8. The quantitative estimate of drug-likeness (QED) is 0.140. The Balaban J connectivity index is 2.19. The fourth-order valence-electron chi connectivity index (χ4n) is 3.85. The second-order valence-electron chi connectivity index (χ2n) is 9.01. The Labute approximate surface area is 230 Å². The molecular formula is C25H34BF3N6O5. The highest BCUT2D eigenvalue weighted by molar-refractivity contribution is 6.60. The molecule has 0 aromatic heterocycles. The molecule has 0 aliphatic heterocycles. The van der Waals surface area contributed by atoms with Crippen molar-refractivity contribution in [3.8, 4) is 0 Å². The zero-order valence-electron chi connectivity index (χ0n) is 21.7. The zero-order valence-corrected chi connectivity index (χ0v) is 21.7. The number of amides is 3. The summed E-state index contributed by atoms with van der Waals surface area (Å²) < 4.78 is 38.9. The highest BCUT2D eigenvalue weighted by Gasteiger charge is 2.31. The molecule has 15 heteroatoms. The Kier molecular flexibility index (Phi) is 12.5. The minimum absolute atomic E-state index is 0.00909. The Bertz CT molecular complexity index is 1130. The molecule has 0 aliphatic carbocycles. The molecule has 2 aromatic carbocycles. The van der Waals surface area contributed by atoms with Crippen LogP contribution >= 0.6 is 0 Å². The lowest BCUT2D eigenvalue weighted by Gasteiger charge is -2.23. The van der Waals surface area contributed by atoms with E-state index in [1.54, 1.807) is 0 Å². The number of carbonyl (C=O) groups is 3. The standard InChI is InChI=1S/C25H34BF3N6O5/c27-25(28,29)17-7-5-16(6-8-17)15-21(24(38)33-20-4-2-1-3-18(20)26(39)40)34-23(37)19(32)9-10-22(36)35(13-11-30)14-12-31/h1-8,19,21,39-40H,9-15,30-32H2,(H,33,38)(H,34,37). The van der Waals surface area contributed by atoms with Crippen molar-refractivity contribution in [1.29, 1.82) is 0 Å². The van der Waals surface area contributed by atoms with Crippen molar-refractivity contribution < 1.29 is 37.6 Å². The van der Waals surface area contributed by atoms with Gasteiger partial charge in [0.05, 0.1) is 11.6 Å². The van der Waals surface area contributed by atoms with Gasteiger partial charge in [-0.3, -0.25) is 14.4 Å². The van der Waals surface area contributed by atoms with Crippen LogP contribution in [0, 0.1) is 0 Å². The van der Waals surface area contributed by atoms with Crippen LogP contribution in [-0.4, -0.2) is 78.1 Å². The van der Waals surface area contributed by atoms with Crippen LogP contribution < -0.4 is 33.3 Å². The average molecular weight is 566 g/mol. The largest absolute Gasteiger partial charge is 0.490 e. The molecular weight excluding hydrogens is 532 g/mol. The number of rotatable bonds is 14. The van der Waals surface area contributed by atoms with Gasteiger partial charge in [-0.25, -0.2) is 0 Å². The topological polar surface area (TPSA) is 197 Å². The molecule has 0 saturated carbocycles. The van der Waals surface area contributed by atoms with Crippen LogP contribution in [0.15, 0.2) is 48.5 Å². The minimum Gasteiger partial charge on any atom is -0.423 e. The first kappa shape index (κ1) is 32.7. The molecule has 40 heavy (non-hydrogen) atoms. The van der Waals surface area contributed by atoms with Gasteiger partial charge in [0.1, 0.15) is 6.04 Å². The summed E-state index contributed by atoms with van der Waals surface area (Å²) >= 11 is 0. The van der Waals surface area contributed by atoms with Crippen LogP contribution in [0.3, 0.4) is 0 Å². The van der Waals surface area contributed by atoms with Gasteiger partial charge in [0, 0.05) is 50.2 Å². The average Bonchev–Trinajstić information content (AvgIpc) is 2.90. The van der Waals surface area contributed by atoms with Gasteiger partial charge >= 0.3 is 13.3 Å². The number of carbonyl (C=O) groups excluding carboxylic acids is 3. The van der Waals surface area contributed by atoms with E-state index in [9.17, 15) is 37.6 Å². The highest BCUT2D eigenvalue weighted by atomic mass is 19.4. The number of nitrogens with one attached hydrogen (secondary N) is 2. The molecule has 11 nitrogen and oxygen atoms in total. The summed E-state index contributed by atoms with van der Waals surface area (Å²) in [4.78, 5) is 40.0. The molecule has 0 aliphatic rings. The lowest BCUT2D eigenvalue weighted by Crippen LogP contribution is -2.51. The van der Waals surface area contributed by atoms with Crippen LogP contribution in [0.25, 0.3) is 0 Å². The van der Waals surface area contributed by atoms with Crippen LogP contribution in [0.4, 0.5) is 18.9 Å². The van der Waals surface area contributed by atoms with Crippen LogP contribution in [0.1, 0.15) is 24.0 Å². The van der Waals surface area contributed by atoms with Gasteiger partial charge in [0.25, 0.3) is 0 Å². The normalized spacial score (nSPS) is 12.8. The third-order valence-corrected chi connectivity index (χ3v) is 6.01. The Hall–Kier alpha value is -3.50. The van der Waals surface area contributed by atoms with Crippen molar-refractivity contribution >= 4 is 36.0 Å². The first-order chi connectivity index (χ1) is 18.9. The smallest absolute Gasteiger partial charge is 0.423 e. The Morgan fingerprint density at radius 1 is 0.950 bits per heavy atom. The van der Waals surface area contributed by atoms with E-state index in [-0.39, 0.29) is 62.5 Å². The summed E-state index contributed by atoms with van der Waals surface area (Å²) in [7, 11) is -1.90. The second-order valence-corrected chi connectivity index (χ2v) is 9.01. The van der Waals surface area contributed by atoms with Crippen LogP contribution in [-0.2, 0) is 27.0 Å². The molecule has 2 atom stereocenters. The SMILES string of the molecule is NCCN(CCN)C(=O)CCC(N)C(=O)NC(Cc1ccc(C(F)(F)F)cc1)C(=O)Nc1ccccc1B(O)O. The van der Waals surface area contributed by atoms with Gasteiger partial charge in [0.2, 0.25) is 17.7 Å². The molecule has 10 N–H and O–H groups in total. The number of nitrogens with two attached hydrogens (primary N) is 3. The van der Waals surface area contributed by atoms with Gasteiger partial charge in [-0.15, -0.1) is 0 Å². The van der Waals surface area contributed by atoms with E-state index in [0.29, 0.717) is 5.56 Å². The summed E-state index contributed by atoms with van der Waals surface area (Å²) in [6, 6.07) is 7.43. The number of halogens is 3. The Morgan fingerprint density at radius 2 is 1.55 bits per heavy atom. The zero-order chi connectivity index (χ0) is 29.9. The van der Waals surface area contributed by atoms with Crippen LogP contribution in [0.2, 0.25) is 0 Å². The first-order valence-electron chi connectivity index (χ1n) is 12.5. The van der Waals surface area contributed by atoms with Crippen molar-refractivity contribution in [3.63, 3.8) is 0 Å². The molecule has 218 valence electrons. The van der Waals surface area contributed by atoms with E-state index >= 15 is 0 Å². The predicted molar refractivity (Wildman–Crippen MR) is 144 cm³/mol. The van der Waals surface area contributed by atoms with E-state index in [2.05, 4.69) is 10.6 Å². The molecule has 0 saturated heterocycles. The molecule has 2 unspecified atom stereocenters. The molecule has 0 radical (unpaired) electrons. The van der Waals surface area contributed by atoms with E-state index in [1.807, 2.05) is 0 Å². The molecule has 3 amide bonds. The number of nitrogens with zero attached hydrogens (tertiary/aromatic N) is 1. The van der Waals surface area contributed by atoms with Gasteiger partial charge in [-0.1, -0.05) is 30.3 Å². The van der Waals surface area contributed by atoms with Crippen molar-refractivity contribution in [1.82, 2.24) is 10.2 Å². The maximum atomic E-state index is 13.2. The summed E-state index contributed by atoms with van der Waals surface area (Å²) in [6.07, 6.45) is -4.88. The summed E-state index contributed by atoms with van der Waals surface area (Å²) in [5.41, 5.74) is 16.5. The monoisotopic (exact) mass is 566 g/mol. The van der Waals surface area contributed by atoms with Gasteiger partial charge < -0.3 is 42.8 Å². The summed E-state index contributed by atoms with van der Waals surface area (Å²) in [5.74, 6) is -1.83. The number of anilines is 1. The molecule has 0 spiro atoms. The third kappa shape index (κ3) is 9.91. The number of benzene rings is 2. The maximum absolute atomic E-state index is 13.2. The van der Waals surface area contributed by atoms with Crippen molar-refractivity contribution in [3.05, 3.63) is 59.7 Å². The van der Waals surface area contributed by atoms with E-state index in [1.165, 1.54) is 41.3 Å². The van der Waals surface area contributed by atoms with E-state index in [0.717, 1.165) is 12.1 Å². The van der Waals surface area contributed by atoms with Crippen molar-refractivity contribution in [2.75, 3.05) is 31.5 Å². The third-order valence-electron chi connectivity index (χ3n) is 6.01. The summed E-state index contributed by atoms with van der Waals surface area (Å²) in [6.45, 7) is 1.04. The number of para-hydroxylation sites is 1. The lowest BCUT2D eigenvalue weighted by atomic mass is 9.79. The maximum Gasteiger partial charge on any atom is 0.490 e. The Morgan fingerprint density at radius 3 is 2.10 bits per heavy atom. The predicted octanol–water partition coefficient (Wildman–Crippen LogP) is -1.10. The van der Waals surface area contributed by atoms with Gasteiger partial charge in [0.15, 0.2) is 0 Å². The van der Waals surface area contributed by atoms with Gasteiger partial charge in [-0.2, -0.15) is 13.2 Å². The molecule has 2 rings (SSSR count). The fourth-order valence-corrected chi connectivity index (χ4v) is 3.85. The van der Waals surface area contributed by atoms with E-state index in [4.69, 9.17) is 17.2 Å². The fraction of sp³-hybridized carbons (Fsp3) is 0.400. The lowest BCUT2D eigenvalue weighted by molar-refractivity contribution is -0.137. The van der Waals surface area contributed by atoms with Crippen molar-refractivity contribution in [2.45, 2.75) is 37.5 Å². The van der Waals surface area contributed by atoms with Crippen LogP contribution in [0.5, 0.6) is 0 Å². The van der Waals surface area contributed by atoms with Crippen molar-refractivity contribution in [2.24, 2.45) is 17.2 Å². The highest BCUT2D eigenvalue weighted by Crippen LogP contribution is 2.29. The summed E-state index contributed by atoms with van der Waals surface area (Å²) in [5, 5.41) is 24.2. The molecule has 2 aromatic rings. The molecule has 0 heterocycles. The minimum atomic E-state index is -4.55. The number of hydrogen-bond donors (Lipinski definition) is 7. The second kappa shape index (κ2) is 15.3. The molecule has 0 bridgehead atoms. The number of alkyl halides is 3.